The van der Waals surface area contributed by atoms with Crippen molar-refractivity contribution in [3.05, 3.63) is 134 Å². The number of ether oxygens (including phenoxy) is 3. The molecule has 0 amide bonds. The summed E-state index contributed by atoms with van der Waals surface area (Å²) < 4.78 is 16.6. The molecule has 0 aromatic carbocycles. The van der Waals surface area contributed by atoms with Crippen molar-refractivity contribution in [2.45, 2.75) is 200 Å². The van der Waals surface area contributed by atoms with E-state index in [9.17, 15) is 14.4 Å². The summed E-state index contributed by atoms with van der Waals surface area (Å²) in [6.07, 6.45) is 71.6. The number of hydrogen-bond donors (Lipinski definition) is 0. The quantitative estimate of drug-likeness (QED) is 0.0200. The average molecular weight is 883 g/mol. The molecule has 6 nitrogen and oxygen atoms in total. The molecule has 0 N–H and O–H groups in total. The predicted octanol–water partition coefficient (Wildman–Crippen LogP) is 16.7. The van der Waals surface area contributed by atoms with Gasteiger partial charge in [0, 0.05) is 19.3 Å². The molecule has 1 unspecified atom stereocenters. The Bertz CT molecular complexity index is 1430. The molecule has 0 fully saturated rings. The van der Waals surface area contributed by atoms with Gasteiger partial charge in [-0.1, -0.05) is 212 Å². The van der Waals surface area contributed by atoms with Crippen LogP contribution in [0.5, 0.6) is 0 Å². The lowest BCUT2D eigenvalue weighted by Crippen LogP contribution is -2.30. The Labute approximate surface area is 392 Å². The fourth-order valence-electron chi connectivity index (χ4n) is 6.22. The fourth-order valence-corrected chi connectivity index (χ4v) is 6.22. The normalized spacial score (nSPS) is 13.2. The van der Waals surface area contributed by atoms with Gasteiger partial charge in [-0.25, -0.2) is 0 Å². The summed E-state index contributed by atoms with van der Waals surface area (Å²) in [6.45, 7) is 6.28. The topological polar surface area (TPSA) is 78.9 Å². The van der Waals surface area contributed by atoms with Gasteiger partial charge in [0.1, 0.15) is 13.2 Å². The second kappa shape index (κ2) is 51.2. The van der Waals surface area contributed by atoms with Crippen LogP contribution in [0, 0.1) is 0 Å². The van der Waals surface area contributed by atoms with Crippen molar-refractivity contribution in [3.63, 3.8) is 0 Å². The van der Waals surface area contributed by atoms with Crippen LogP contribution in [0.2, 0.25) is 0 Å². The highest BCUT2D eigenvalue weighted by molar-refractivity contribution is 5.71. The number of rotatable bonds is 43. The van der Waals surface area contributed by atoms with Crippen LogP contribution in [-0.2, 0) is 28.6 Å². The minimum atomic E-state index is -0.840. The minimum absolute atomic E-state index is 0.132. The Kier molecular flexibility index (Phi) is 47.6. The van der Waals surface area contributed by atoms with Crippen LogP contribution in [0.15, 0.2) is 134 Å². The molecular formula is C58H90O6. The molecule has 0 aromatic rings. The lowest BCUT2D eigenvalue weighted by atomic mass is 10.1. The molecule has 0 aliphatic carbocycles. The van der Waals surface area contributed by atoms with Gasteiger partial charge >= 0.3 is 17.9 Å². The highest BCUT2D eigenvalue weighted by Crippen LogP contribution is 2.11. The summed E-state index contributed by atoms with van der Waals surface area (Å²) in [4.78, 5) is 37.9. The largest absolute Gasteiger partial charge is 0.462 e. The zero-order valence-corrected chi connectivity index (χ0v) is 40.7. The molecular weight excluding hydrogens is 793 g/mol. The number of carbonyl (C=O) groups excluding carboxylic acids is 3. The third-order valence-electron chi connectivity index (χ3n) is 9.97. The molecule has 6 heteroatoms. The van der Waals surface area contributed by atoms with Gasteiger partial charge in [-0.15, -0.1) is 0 Å². The van der Waals surface area contributed by atoms with Crippen molar-refractivity contribution in [2.75, 3.05) is 13.2 Å². The average Bonchev–Trinajstić information content (AvgIpc) is 3.29. The van der Waals surface area contributed by atoms with Crippen molar-refractivity contribution in [1.29, 1.82) is 0 Å². The number of allylic oxidation sites excluding steroid dienone is 22. The van der Waals surface area contributed by atoms with E-state index in [1.54, 1.807) is 0 Å². The van der Waals surface area contributed by atoms with Crippen molar-refractivity contribution >= 4 is 17.9 Å². The molecule has 0 bridgehead atoms. The summed E-state index contributed by atoms with van der Waals surface area (Å²) in [5.74, 6) is -1.08. The van der Waals surface area contributed by atoms with Crippen molar-refractivity contribution in [1.82, 2.24) is 0 Å². The Morgan fingerprint density at radius 2 is 0.719 bits per heavy atom. The van der Waals surface area contributed by atoms with E-state index in [0.29, 0.717) is 19.3 Å². The van der Waals surface area contributed by atoms with Crippen LogP contribution >= 0.6 is 0 Å². The molecule has 358 valence electrons. The number of hydrogen-bond acceptors (Lipinski definition) is 6. The first-order valence-electron chi connectivity index (χ1n) is 25.3. The number of unbranched alkanes of at least 4 members (excludes halogenated alkanes) is 14. The van der Waals surface area contributed by atoms with E-state index in [4.69, 9.17) is 14.2 Å². The van der Waals surface area contributed by atoms with Crippen molar-refractivity contribution in [2.24, 2.45) is 0 Å². The molecule has 0 saturated heterocycles. The van der Waals surface area contributed by atoms with Gasteiger partial charge in [0.2, 0.25) is 0 Å². The van der Waals surface area contributed by atoms with Crippen LogP contribution in [0.25, 0.3) is 0 Å². The summed E-state index contributed by atoms with van der Waals surface area (Å²) in [6, 6.07) is 0. The highest BCUT2D eigenvalue weighted by Gasteiger charge is 2.19. The molecule has 64 heavy (non-hydrogen) atoms. The zero-order chi connectivity index (χ0) is 46.5. The third-order valence-corrected chi connectivity index (χ3v) is 9.97. The van der Waals surface area contributed by atoms with Gasteiger partial charge < -0.3 is 14.2 Å². The Morgan fingerprint density at radius 3 is 1.22 bits per heavy atom. The Morgan fingerprint density at radius 1 is 0.344 bits per heavy atom. The minimum Gasteiger partial charge on any atom is -0.462 e. The van der Waals surface area contributed by atoms with E-state index in [0.717, 1.165) is 89.9 Å². The van der Waals surface area contributed by atoms with Crippen molar-refractivity contribution in [3.8, 4) is 0 Å². The molecule has 1 atom stereocenters. The molecule has 0 saturated carbocycles. The van der Waals surface area contributed by atoms with E-state index in [1.165, 1.54) is 51.4 Å². The summed E-state index contributed by atoms with van der Waals surface area (Å²) in [5.41, 5.74) is 0. The van der Waals surface area contributed by atoms with Crippen LogP contribution in [0.4, 0.5) is 0 Å². The second-order valence-electron chi connectivity index (χ2n) is 16.1. The van der Waals surface area contributed by atoms with Crippen LogP contribution < -0.4 is 0 Å². The van der Waals surface area contributed by atoms with Gasteiger partial charge in [-0.3, -0.25) is 14.4 Å². The van der Waals surface area contributed by atoms with Gasteiger partial charge in [0.15, 0.2) is 6.10 Å². The first-order valence-corrected chi connectivity index (χ1v) is 25.3. The molecule has 0 aliphatic rings. The lowest BCUT2D eigenvalue weighted by molar-refractivity contribution is -0.167. The first-order chi connectivity index (χ1) is 31.5. The van der Waals surface area contributed by atoms with E-state index in [1.807, 2.05) is 36.5 Å². The molecule has 0 radical (unpaired) electrons. The summed E-state index contributed by atoms with van der Waals surface area (Å²) >= 11 is 0. The van der Waals surface area contributed by atoms with Gasteiger partial charge in [-0.2, -0.15) is 0 Å². The number of carbonyl (C=O) groups is 3. The van der Waals surface area contributed by atoms with Gasteiger partial charge in [0.25, 0.3) is 0 Å². The zero-order valence-electron chi connectivity index (χ0n) is 40.7. The first kappa shape index (κ1) is 59.5. The molecule has 0 aliphatic heterocycles. The maximum absolute atomic E-state index is 12.8. The molecule has 0 aromatic heterocycles. The summed E-state index contributed by atoms with van der Waals surface area (Å²) in [7, 11) is 0. The summed E-state index contributed by atoms with van der Waals surface area (Å²) in [5, 5.41) is 0. The maximum atomic E-state index is 12.8. The SMILES string of the molecule is CC/C=C\C/C=C\C/C=C\CCCC(=O)OCC(COC(=O)CCCCCCC\C=C/C=C\C=C/C=C\C=C/CCC)OC(=O)CCC/C=C\C/C=C\C/C=C\CCCCCCCC. The van der Waals surface area contributed by atoms with E-state index in [2.05, 4.69) is 118 Å². The van der Waals surface area contributed by atoms with Gasteiger partial charge in [-0.05, 0) is 96.3 Å². The van der Waals surface area contributed by atoms with Crippen LogP contribution in [-0.4, -0.2) is 37.2 Å². The molecule has 0 spiro atoms. The second-order valence-corrected chi connectivity index (χ2v) is 16.1. The smallest absolute Gasteiger partial charge is 0.306 e. The predicted molar refractivity (Wildman–Crippen MR) is 274 cm³/mol. The maximum Gasteiger partial charge on any atom is 0.306 e. The fraction of sp³-hybridized carbons (Fsp3) is 0.569. The van der Waals surface area contributed by atoms with Crippen LogP contribution in [0.3, 0.4) is 0 Å². The molecule has 0 rings (SSSR count). The third kappa shape index (κ3) is 48.6. The monoisotopic (exact) mass is 883 g/mol. The van der Waals surface area contributed by atoms with Crippen LogP contribution in [0.1, 0.15) is 194 Å². The van der Waals surface area contributed by atoms with E-state index < -0.39 is 6.10 Å². The van der Waals surface area contributed by atoms with E-state index >= 15 is 0 Å². The lowest BCUT2D eigenvalue weighted by Gasteiger charge is -2.18. The Balaban J connectivity index is 4.58. The molecule has 0 heterocycles. The Hall–Kier alpha value is -4.45. The number of esters is 3. The standard InChI is InChI=1S/C58H90O6/c1-4-7-10-13-16-19-22-24-26-28-30-31-33-36-39-42-45-48-51-57(60)63-54-55(53-62-56(59)50-47-44-41-38-35-21-18-15-12-9-6-3)64-58(61)52-49-46-43-40-37-34-32-29-27-25-23-20-17-14-11-8-5-2/h9-10,12-13,16,18-19,21-22,24-28,30-32,34,38,40-41,43,55H,4-8,11,14-15,17,20,23,29,33,35-37,39,42,44-54H2,1-3H3/b12-9-,13-10-,19-16-,21-18-,24-22-,27-25-,28-26-,31-30-,34-32-,41-38-,43-40-. The van der Waals surface area contributed by atoms with E-state index in [-0.39, 0.29) is 44.0 Å². The highest BCUT2D eigenvalue weighted by atomic mass is 16.6. The van der Waals surface area contributed by atoms with Crippen molar-refractivity contribution < 1.29 is 28.6 Å². The van der Waals surface area contributed by atoms with Gasteiger partial charge in [0.05, 0.1) is 0 Å².